The number of benzene rings is 1. The van der Waals surface area contributed by atoms with Crippen molar-refractivity contribution in [3.8, 4) is 0 Å². The fourth-order valence-corrected chi connectivity index (χ4v) is 2.15. The Morgan fingerprint density at radius 3 is 2.58 bits per heavy atom. The number of halogens is 2. The van der Waals surface area contributed by atoms with Gasteiger partial charge in [-0.05, 0) is 42.0 Å². The Labute approximate surface area is 107 Å². The smallest absolute Gasteiger partial charge is 0.307 e. The summed E-state index contributed by atoms with van der Waals surface area (Å²) in [5.74, 6) is -4.19. The van der Waals surface area contributed by atoms with E-state index in [0.717, 1.165) is 25.0 Å². The van der Waals surface area contributed by atoms with E-state index in [0.29, 0.717) is 0 Å². The van der Waals surface area contributed by atoms with Gasteiger partial charge in [-0.2, -0.15) is 0 Å². The third-order valence-corrected chi connectivity index (χ3v) is 3.22. The summed E-state index contributed by atoms with van der Waals surface area (Å²) in [5, 5.41) is 12.7. The highest BCUT2D eigenvalue weighted by molar-refractivity contribution is 5.72. The predicted octanol–water partition coefficient (Wildman–Crippen LogP) is 3.43. The van der Waals surface area contributed by atoms with Crippen LogP contribution in [0.25, 0.3) is 10.4 Å². The Morgan fingerprint density at radius 2 is 2.11 bits per heavy atom. The summed E-state index contributed by atoms with van der Waals surface area (Å²) in [6, 6.07) is 2.00. The molecule has 1 N–H and O–H groups in total. The van der Waals surface area contributed by atoms with Crippen LogP contribution in [0.4, 0.5) is 8.78 Å². The summed E-state index contributed by atoms with van der Waals surface area (Å²) in [7, 11) is 0. The van der Waals surface area contributed by atoms with Gasteiger partial charge in [-0.1, -0.05) is 11.2 Å². The Morgan fingerprint density at radius 1 is 1.42 bits per heavy atom. The first-order chi connectivity index (χ1) is 9.04. The molecule has 2 rings (SSSR count). The molecular formula is C12H11F2N3O2. The van der Waals surface area contributed by atoms with E-state index < -0.39 is 29.6 Å². The van der Waals surface area contributed by atoms with Crippen molar-refractivity contribution >= 4 is 5.97 Å². The zero-order valence-electron chi connectivity index (χ0n) is 9.83. The van der Waals surface area contributed by atoms with Gasteiger partial charge in [-0.3, -0.25) is 4.79 Å². The molecule has 0 bridgehead atoms. The molecule has 0 amide bonds. The van der Waals surface area contributed by atoms with Gasteiger partial charge in [0.1, 0.15) is 0 Å². The van der Waals surface area contributed by atoms with E-state index in [1.807, 2.05) is 0 Å². The van der Waals surface area contributed by atoms with Crippen LogP contribution < -0.4 is 0 Å². The van der Waals surface area contributed by atoms with Crippen LogP contribution in [0.1, 0.15) is 24.4 Å². The Bertz CT molecular complexity index is 554. The summed E-state index contributed by atoms with van der Waals surface area (Å²) in [5.41, 5.74) is 8.73. The molecule has 1 aliphatic rings. The molecule has 1 fully saturated rings. The monoisotopic (exact) mass is 267 g/mol. The molecule has 1 aliphatic carbocycles. The number of nitrogens with zero attached hydrogens (tertiary/aromatic N) is 3. The molecule has 1 aromatic carbocycles. The number of hydrogen-bond donors (Lipinski definition) is 1. The SMILES string of the molecule is [N-]=[N+]=NC(c1ccc(F)c(F)c1)C(C(=O)O)C1CC1. The minimum Gasteiger partial charge on any atom is -0.481 e. The molecule has 0 spiro atoms. The van der Waals surface area contributed by atoms with Crippen LogP contribution in [0.3, 0.4) is 0 Å². The highest BCUT2D eigenvalue weighted by Crippen LogP contribution is 2.44. The summed E-state index contributed by atoms with van der Waals surface area (Å²) >= 11 is 0. The lowest BCUT2D eigenvalue weighted by molar-refractivity contribution is -0.143. The lowest BCUT2D eigenvalue weighted by Gasteiger charge is -2.19. The van der Waals surface area contributed by atoms with E-state index in [9.17, 15) is 18.7 Å². The lowest BCUT2D eigenvalue weighted by atomic mass is 9.89. The third-order valence-electron chi connectivity index (χ3n) is 3.22. The first kappa shape index (κ1) is 13.3. The Balaban J connectivity index is 2.40. The average Bonchev–Trinajstić information content (AvgIpc) is 3.16. The molecule has 1 saturated carbocycles. The second kappa shape index (κ2) is 5.24. The molecule has 0 aliphatic heterocycles. The van der Waals surface area contributed by atoms with E-state index >= 15 is 0 Å². The number of aliphatic carboxylic acids is 1. The van der Waals surface area contributed by atoms with Crippen LogP contribution in [0.2, 0.25) is 0 Å². The maximum absolute atomic E-state index is 13.2. The van der Waals surface area contributed by atoms with Gasteiger partial charge < -0.3 is 5.11 Å². The van der Waals surface area contributed by atoms with Gasteiger partial charge in [0, 0.05) is 4.91 Å². The summed E-state index contributed by atoms with van der Waals surface area (Å²) < 4.78 is 26.1. The van der Waals surface area contributed by atoms with E-state index in [1.165, 1.54) is 6.07 Å². The number of azide groups is 1. The van der Waals surface area contributed by atoms with E-state index in [1.54, 1.807) is 0 Å². The van der Waals surface area contributed by atoms with Gasteiger partial charge in [0.05, 0.1) is 12.0 Å². The molecule has 2 atom stereocenters. The van der Waals surface area contributed by atoms with Gasteiger partial charge >= 0.3 is 5.97 Å². The lowest BCUT2D eigenvalue weighted by Crippen LogP contribution is -2.23. The van der Waals surface area contributed by atoms with E-state index in [4.69, 9.17) is 5.53 Å². The molecule has 100 valence electrons. The van der Waals surface area contributed by atoms with Crippen LogP contribution in [-0.4, -0.2) is 11.1 Å². The number of carboxylic acids is 1. The fourth-order valence-electron chi connectivity index (χ4n) is 2.15. The third kappa shape index (κ3) is 2.82. The molecular weight excluding hydrogens is 256 g/mol. The van der Waals surface area contributed by atoms with Crippen molar-refractivity contribution in [1.82, 2.24) is 0 Å². The van der Waals surface area contributed by atoms with E-state index in [-0.39, 0.29) is 11.5 Å². The van der Waals surface area contributed by atoms with Crippen molar-refractivity contribution in [1.29, 1.82) is 0 Å². The quantitative estimate of drug-likeness (QED) is 0.503. The van der Waals surface area contributed by atoms with Crippen molar-refractivity contribution in [2.24, 2.45) is 17.0 Å². The normalized spacial score (nSPS) is 17.4. The zero-order valence-corrected chi connectivity index (χ0v) is 9.83. The fraction of sp³-hybridized carbons (Fsp3) is 0.417. The molecule has 0 heterocycles. The topological polar surface area (TPSA) is 86.1 Å². The summed E-state index contributed by atoms with van der Waals surface area (Å²) in [6.07, 6.45) is 1.47. The van der Waals surface area contributed by atoms with Gasteiger partial charge in [-0.25, -0.2) is 8.78 Å². The molecule has 7 heteroatoms. The number of carboxylic acid groups (broad SMARTS) is 1. The molecule has 2 unspecified atom stereocenters. The molecule has 0 radical (unpaired) electrons. The van der Waals surface area contributed by atoms with Crippen molar-refractivity contribution in [3.05, 3.63) is 45.8 Å². The van der Waals surface area contributed by atoms with Gasteiger partial charge in [-0.15, -0.1) is 0 Å². The highest BCUT2D eigenvalue weighted by Gasteiger charge is 2.41. The van der Waals surface area contributed by atoms with Crippen molar-refractivity contribution in [2.45, 2.75) is 18.9 Å². The summed E-state index contributed by atoms with van der Waals surface area (Å²) in [4.78, 5) is 13.9. The standard InChI is InChI=1S/C12H11F2N3O2/c13-8-4-3-7(5-9(8)14)11(16-17-15)10(12(18)19)6-1-2-6/h3-6,10-11H,1-2H2,(H,18,19). The maximum atomic E-state index is 13.2. The summed E-state index contributed by atoms with van der Waals surface area (Å²) in [6.45, 7) is 0. The highest BCUT2D eigenvalue weighted by atomic mass is 19.2. The van der Waals surface area contributed by atoms with E-state index in [2.05, 4.69) is 10.0 Å². The Kier molecular flexibility index (Phi) is 3.66. The second-order valence-electron chi connectivity index (χ2n) is 4.52. The van der Waals surface area contributed by atoms with Crippen LogP contribution in [0, 0.1) is 23.5 Å². The molecule has 0 saturated heterocycles. The van der Waals surface area contributed by atoms with Crippen molar-refractivity contribution in [2.75, 3.05) is 0 Å². The van der Waals surface area contributed by atoms with Gasteiger partial charge in [0.25, 0.3) is 0 Å². The minimum absolute atomic E-state index is 0.0823. The number of rotatable bonds is 5. The van der Waals surface area contributed by atoms with Crippen LogP contribution >= 0.6 is 0 Å². The first-order valence-corrected chi connectivity index (χ1v) is 5.76. The molecule has 0 aromatic heterocycles. The molecule has 1 aromatic rings. The van der Waals surface area contributed by atoms with Crippen LogP contribution in [0.15, 0.2) is 23.3 Å². The number of carbonyl (C=O) groups is 1. The molecule has 19 heavy (non-hydrogen) atoms. The minimum atomic E-state index is -1.09. The molecule has 5 nitrogen and oxygen atoms in total. The largest absolute Gasteiger partial charge is 0.481 e. The van der Waals surface area contributed by atoms with Gasteiger partial charge in [0.2, 0.25) is 0 Å². The Hall–Kier alpha value is -2.14. The van der Waals surface area contributed by atoms with Crippen LogP contribution in [0.5, 0.6) is 0 Å². The van der Waals surface area contributed by atoms with Crippen molar-refractivity contribution in [3.63, 3.8) is 0 Å². The van der Waals surface area contributed by atoms with Crippen molar-refractivity contribution < 1.29 is 18.7 Å². The second-order valence-corrected chi connectivity index (χ2v) is 4.52. The maximum Gasteiger partial charge on any atom is 0.307 e. The number of hydrogen-bond acceptors (Lipinski definition) is 2. The van der Waals surface area contributed by atoms with Crippen LogP contribution in [-0.2, 0) is 4.79 Å². The average molecular weight is 267 g/mol. The van der Waals surface area contributed by atoms with Gasteiger partial charge in [0.15, 0.2) is 11.6 Å². The zero-order chi connectivity index (χ0) is 14.0. The first-order valence-electron chi connectivity index (χ1n) is 5.76. The predicted molar refractivity (Wildman–Crippen MR) is 62.1 cm³/mol.